The van der Waals surface area contributed by atoms with Gasteiger partial charge in [0.05, 0.1) is 23.6 Å². The molecule has 6 nitrogen and oxygen atoms in total. The zero-order valence-corrected chi connectivity index (χ0v) is 13.6. The minimum atomic E-state index is 0.664. The van der Waals surface area contributed by atoms with Gasteiger partial charge in [-0.2, -0.15) is 0 Å². The highest BCUT2D eigenvalue weighted by Gasteiger charge is 2.04. The molecule has 2 aromatic rings. The van der Waals surface area contributed by atoms with Crippen LogP contribution in [0.5, 0.6) is 0 Å². The van der Waals surface area contributed by atoms with E-state index < -0.39 is 0 Å². The van der Waals surface area contributed by atoms with Crippen molar-refractivity contribution < 1.29 is 0 Å². The molecule has 0 aliphatic carbocycles. The molecule has 0 unspecified atom stereocenters. The predicted octanol–water partition coefficient (Wildman–Crippen LogP) is 1.71. The van der Waals surface area contributed by atoms with Crippen molar-refractivity contribution in [3.8, 4) is 0 Å². The number of aryl methyl sites for hydroxylation is 2. The van der Waals surface area contributed by atoms with E-state index in [1.807, 2.05) is 30.9 Å². The zero-order valence-electron chi connectivity index (χ0n) is 12.8. The van der Waals surface area contributed by atoms with Crippen LogP contribution in [0.15, 0.2) is 23.7 Å². The topological polar surface area (TPSA) is 67.1 Å². The van der Waals surface area contributed by atoms with Crippen LogP contribution in [-0.2, 0) is 13.1 Å². The molecule has 0 spiro atoms. The summed E-state index contributed by atoms with van der Waals surface area (Å²) in [5.41, 5.74) is 1.08. The lowest BCUT2D eigenvalue weighted by Gasteiger charge is -2.11. The van der Waals surface area contributed by atoms with Gasteiger partial charge in [0, 0.05) is 36.9 Å². The van der Waals surface area contributed by atoms with Gasteiger partial charge in [0.15, 0.2) is 5.96 Å². The first-order chi connectivity index (χ1) is 10.2. The Morgan fingerprint density at radius 3 is 2.86 bits per heavy atom. The fraction of sp³-hybridized carbons (Fsp3) is 0.500. The second kappa shape index (κ2) is 7.78. The standard InChI is InChI=1S/C14H22N6S/c1-4-16-14(17-6-8-20-7-5-15-10-20)18-9-13-11(2)19-12(3)21-13/h5,7,10H,4,6,8-9H2,1-3H3,(H2,16,17,18). The van der Waals surface area contributed by atoms with Crippen LogP contribution in [-0.4, -0.2) is 33.6 Å². The van der Waals surface area contributed by atoms with E-state index in [9.17, 15) is 0 Å². The number of nitrogens with zero attached hydrogens (tertiary/aromatic N) is 4. The Morgan fingerprint density at radius 1 is 1.38 bits per heavy atom. The zero-order chi connectivity index (χ0) is 15.1. The number of nitrogens with one attached hydrogen (secondary N) is 2. The van der Waals surface area contributed by atoms with Crippen molar-refractivity contribution in [1.82, 2.24) is 25.2 Å². The quantitative estimate of drug-likeness (QED) is 0.630. The Kier molecular flexibility index (Phi) is 5.74. The Hall–Kier alpha value is -1.89. The molecule has 0 bridgehead atoms. The second-order valence-corrected chi connectivity index (χ2v) is 5.95. The van der Waals surface area contributed by atoms with Crippen LogP contribution in [0.3, 0.4) is 0 Å². The summed E-state index contributed by atoms with van der Waals surface area (Å²) in [7, 11) is 0. The van der Waals surface area contributed by atoms with E-state index in [4.69, 9.17) is 0 Å². The lowest BCUT2D eigenvalue weighted by atomic mass is 10.4. The molecule has 2 N–H and O–H groups in total. The van der Waals surface area contributed by atoms with Crippen LogP contribution in [0.25, 0.3) is 0 Å². The summed E-state index contributed by atoms with van der Waals surface area (Å²) >= 11 is 1.71. The Labute approximate surface area is 129 Å². The average Bonchev–Trinajstić information content (AvgIpc) is 3.06. The molecule has 0 amide bonds. The Morgan fingerprint density at radius 2 is 2.24 bits per heavy atom. The van der Waals surface area contributed by atoms with Crippen molar-refractivity contribution in [3.05, 3.63) is 34.3 Å². The third kappa shape index (κ3) is 4.86. The van der Waals surface area contributed by atoms with Crippen LogP contribution in [0.1, 0.15) is 22.5 Å². The molecule has 0 aliphatic heterocycles. The summed E-state index contributed by atoms with van der Waals surface area (Å²) in [6, 6.07) is 0. The Balaban J connectivity index is 1.88. The summed E-state index contributed by atoms with van der Waals surface area (Å²) in [6.07, 6.45) is 5.55. The van der Waals surface area contributed by atoms with Gasteiger partial charge < -0.3 is 15.2 Å². The SMILES string of the molecule is CCNC(=NCc1sc(C)nc1C)NCCn1ccnc1. The van der Waals surface area contributed by atoms with E-state index in [0.29, 0.717) is 6.54 Å². The molecule has 7 heteroatoms. The van der Waals surface area contributed by atoms with Gasteiger partial charge in [0.25, 0.3) is 0 Å². The number of rotatable bonds is 6. The normalized spacial score (nSPS) is 11.7. The summed E-state index contributed by atoms with van der Waals surface area (Å²) in [5.74, 6) is 0.836. The largest absolute Gasteiger partial charge is 0.357 e. The van der Waals surface area contributed by atoms with Crippen LogP contribution in [0.4, 0.5) is 0 Å². The van der Waals surface area contributed by atoms with Crippen LogP contribution >= 0.6 is 11.3 Å². The molecule has 0 aliphatic rings. The highest BCUT2D eigenvalue weighted by atomic mass is 32.1. The summed E-state index contributed by atoms with van der Waals surface area (Å²) < 4.78 is 2.03. The first kappa shape index (κ1) is 15.5. The molecule has 0 aromatic carbocycles. The van der Waals surface area contributed by atoms with Crippen LogP contribution in [0.2, 0.25) is 0 Å². The lowest BCUT2D eigenvalue weighted by molar-refractivity contribution is 0.662. The van der Waals surface area contributed by atoms with Crippen molar-refractivity contribution in [2.45, 2.75) is 33.9 Å². The monoisotopic (exact) mass is 306 g/mol. The van der Waals surface area contributed by atoms with Crippen molar-refractivity contribution in [3.63, 3.8) is 0 Å². The molecular formula is C14H22N6S. The molecule has 0 saturated heterocycles. The van der Waals surface area contributed by atoms with E-state index >= 15 is 0 Å². The molecule has 0 atom stereocenters. The Bertz CT molecular complexity index is 572. The predicted molar refractivity (Wildman–Crippen MR) is 86.6 cm³/mol. The molecule has 0 radical (unpaired) electrons. The van der Waals surface area contributed by atoms with E-state index in [2.05, 4.69) is 32.5 Å². The van der Waals surface area contributed by atoms with Gasteiger partial charge in [-0.05, 0) is 20.8 Å². The van der Waals surface area contributed by atoms with Gasteiger partial charge in [-0.1, -0.05) is 0 Å². The number of aliphatic imine (C=N–C) groups is 1. The van der Waals surface area contributed by atoms with Crippen molar-refractivity contribution in [2.24, 2.45) is 4.99 Å². The van der Waals surface area contributed by atoms with Crippen molar-refractivity contribution >= 4 is 17.3 Å². The fourth-order valence-corrected chi connectivity index (χ4v) is 2.80. The van der Waals surface area contributed by atoms with Gasteiger partial charge in [-0.15, -0.1) is 11.3 Å². The van der Waals surface area contributed by atoms with Gasteiger partial charge >= 0.3 is 0 Å². The van der Waals surface area contributed by atoms with E-state index in [-0.39, 0.29) is 0 Å². The molecular weight excluding hydrogens is 284 g/mol. The van der Waals surface area contributed by atoms with Gasteiger partial charge in [0.1, 0.15) is 0 Å². The summed E-state index contributed by atoms with van der Waals surface area (Å²) in [5, 5.41) is 7.68. The fourth-order valence-electron chi connectivity index (χ4n) is 1.94. The second-order valence-electron chi connectivity index (χ2n) is 4.66. The van der Waals surface area contributed by atoms with Crippen molar-refractivity contribution in [2.75, 3.05) is 13.1 Å². The number of thiazole rings is 1. The van der Waals surface area contributed by atoms with Crippen LogP contribution in [0, 0.1) is 13.8 Å². The van der Waals surface area contributed by atoms with Gasteiger partial charge in [-0.25, -0.2) is 15.0 Å². The molecule has 114 valence electrons. The maximum atomic E-state index is 4.62. The summed E-state index contributed by atoms with van der Waals surface area (Å²) in [4.78, 5) is 14.3. The molecule has 2 heterocycles. The molecule has 0 fully saturated rings. The van der Waals surface area contributed by atoms with Gasteiger partial charge in [0.2, 0.25) is 0 Å². The lowest BCUT2D eigenvalue weighted by Crippen LogP contribution is -2.38. The maximum Gasteiger partial charge on any atom is 0.191 e. The number of hydrogen-bond donors (Lipinski definition) is 2. The van der Waals surface area contributed by atoms with Crippen LogP contribution < -0.4 is 10.6 Å². The minimum absolute atomic E-state index is 0.664. The van der Waals surface area contributed by atoms with Gasteiger partial charge in [-0.3, -0.25) is 0 Å². The highest BCUT2D eigenvalue weighted by molar-refractivity contribution is 7.11. The number of hydrogen-bond acceptors (Lipinski definition) is 4. The molecule has 0 saturated carbocycles. The third-order valence-corrected chi connectivity index (χ3v) is 4.00. The van der Waals surface area contributed by atoms with E-state index in [0.717, 1.165) is 36.3 Å². The molecule has 21 heavy (non-hydrogen) atoms. The highest BCUT2D eigenvalue weighted by Crippen LogP contribution is 2.17. The third-order valence-electron chi connectivity index (χ3n) is 2.95. The van der Waals surface area contributed by atoms with Crippen molar-refractivity contribution in [1.29, 1.82) is 0 Å². The van der Waals surface area contributed by atoms with E-state index in [1.165, 1.54) is 4.88 Å². The first-order valence-electron chi connectivity index (χ1n) is 7.10. The average molecular weight is 306 g/mol. The maximum absolute atomic E-state index is 4.62. The van der Waals surface area contributed by atoms with E-state index in [1.54, 1.807) is 17.5 Å². The molecule has 2 rings (SSSR count). The minimum Gasteiger partial charge on any atom is -0.357 e. The number of guanidine groups is 1. The number of aromatic nitrogens is 3. The smallest absolute Gasteiger partial charge is 0.191 e. The molecule has 2 aromatic heterocycles. The summed E-state index contributed by atoms with van der Waals surface area (Å²) in [6.45, 7) is 9.31. The number of imidazole rings is 1. The first-order valence-corrected chi connectivity index (χ1v) is 7.91.